The van der Waals surface area contributed by atoms with Crippen molar-refractivity contribution in [1.29, 1.82) is 0 Å². The summed E-state index contributed by atoms with van der Waals surface area (Å²) in [6.45, 7) is 6.90. The lowest BCUT2D eigenvalue weighted by atomic mass is 9.78. The Morgan fingerprint density at radius 1 is 1.28 bits per heavy atom. The monoisotopic (exact) mass is 248 g/mol. The molecule has 0 spiro atoms. The van der Waals surface area contributed by atoms with Crippen molar-refractivity contribution < 1.29 is 4.74 Å². The summed E-state index contributed by atoms with van der Waals surface area (Å²) in [5, 5.41) is 0. The maximum absolute atomic E-state index is 5.91. The molecule has 1 aromatic carbocycles. The summed E-state index contributed by atoms with van der Waals surface area (Å²) in [6.07, 6.45) is 3.77. The number of piperidine rings is 1. The molecule has 0 amide bonds. The number of nitrogens with zero attached hydrogens (tertiary/aromatic N) is 1. The van der Waals surface area contributed by atoms with Gasteiger partial charge in [0.15, 0.2) is 0 Å². The number of nitrogen functional groups attached to an aromatic ring is 1. The minimum Gasteiger partial charge on any atom is -0.497 e. The first-order valence-electron chi connectivity index (χ1n) is 6.76. The summed E-state index contributed by atoms with van der Waals surface area (Å²) in [4.78, 5) is 2.41. The number of hydrogen-bond donors (Lipinski definition) is 1. The molecular formula is C15H24N2O. The second kappa shape index (κ2) is 5.09. The van der Waals surface area contributed by atoms with E-state index in [2.05, 4.69) is 24.8 Å². The maximum Gasteiger partial charge on any atom is 0.122 e. The lowest BCUT2D eigenvalue weighted by molar-refractivity contribution is 0.238. The van der Waals surface area contributed by atoms with Crippen molar-refractivity contribution in [2.45, 2.75) is 33.1 Å². The minimum atomic E-state index is 0.515. The van der Waals surface area contributed by atoms with Crippen molar-refractivity contribution in [2.24, 2.45) is 5.41 Å². The van der Waals surface area contributed by atoms with Crippen molar-refractivity contribution in [2.75, 3.05) is 30.8 Å². The second-order valence-electron chi connectivity index (χ2n) is 5.62. The van der Waals surface area contributed by atoms with Gasteiger partial charge in [0.25, 0.3) is 0 Å². The molecule has 1 saturated heterocycles. The Hall–Kier alpha value is -1.38. The van der Waals surface area contributed by atoms with Gasteiger partial charge in [0.2, 0.25) is 0 Å². The highest BCUT2D eigenvalue weighted by Crippen LogP contribution is 2.36. The first kappa shape index (κ1) is 13.1. The van der Waals surface area contributed by atoms with Crippen LogP contribution in [0.4, 0.5) is 11.4 Å². The molecule has 2 rings (SSSR count). The quantitative estimate of drug-likeness (QED) is 0.834. The molecule has 0 radical (unpaired) electrons. The highest BCUT2D eigenvalue weighted by atomic mass is 16.5. The molecule has 0 atom stereocenters. The second-order valence-corrected chi connectivity index (χ2v) is 5.62. The Kier molecular flexibility index (Phi) is 3.69. The van der Waals surface area contributed by atoms with Crippen molar-refractivity contribution >= 4 is 11.4 Å². The molecule has 1 heterocycles. The van der Waals surface area contributed by atoms with Gasteiger partial charge < -0.3 is 15.4 Å². The number of ether oxygens (including phenoxy) is 1. The SMILES string of the molecule is CCC1(C)CCN(c2cc(N)cc(OC)c2)CC1. The zero-order valence-corrected chi connectivity index (χ0v) is 11.7. The van der Waals surface area contributed by atoms with Crippen LogP contribution in [0.2, 0.25) is 0 Å². The molecule has 2 N–H and O–H groups in total. The first-order valence-corrected chi connectivity index (χ1v) is 6.76. The molecule has 18 heavy (non-hydrogen) atoms. The number of nitrogens with two attached hydrogens (primary N) is 1. The number of anilines is 2. The Labute approximate surface area is 110 Å². The van der Waals surface area contributed by atoms with Crippen LogP contribution in [0.25, 0.3) is 0 Å². The van der Waals surface area contributed by atoms with Gasteiger partial charge >= 0.3 is 0 Å². The van der Waals surface area contributed by atoms with E-state index >= 15 is 0 Å². The molecule has 1 fully saturated rings. The summed E-state index contributed by atoms with van der Waals surface area (Å²) in [5.41, 5.74) is 8.39. The molecule has 0 saturated carbocycles. The van der Waals surface area contributed by atoms with Crippen LogP contribution in [-0.4, -0.2) is 20.2 Å². The molecule has 0 unspecified atom stereocenters. The van der Waals surface area contributed by atoms with Crippen molar-refractivity contribution in [3.63, 3.8) is 0 Å². The van der Waals surface area contributed by atoms with Gasteiger partial charge in [-0.05, 0) is 24.3 Å². The van der Waals surface area contributed by atoms with Crippen LogP contribution in [0.5, 0.6) is 5.75 Å². The van der Waals surface area contributed by atoms with E-state index in [4.69, 9.17) is 10.5 Å². The van der Waals surface area contributed by atoms with E-state index in [1.165, 1.54) is 24.9 Å². The van der Waals surface area contributed by atoms with Crippen LogP contribution in [-0.2, 0) is 0 Å². The topological polar surface area (TPSA) is 38.5 Å². The molecule has 1 aliphatic rings. The van der Waals surface area contributed by atoms with Gasteiger partial charge in [0.05, 0.1) is 7.11 Å². The fourth-order valence-electron chi connectivity index (χ4n) is 2.56. The largest absolute Gasteiger partial charge is 0.497 e. The summed E-state index contributed by atoms with van der Waals surface area (Å²) in [6, 6.07) is 5.98. The number of rotatable bonds is 3. The van der Waals surface area contributed by atoms with Gasteiger partial charge in [-0.1, -0.05) is 20.3 Å². The third-order valence-electron chi connectivity index (χ3n) is 4.34. The van der Waals surface area contributed by atoms with E-state index in [9.17, 15) is 0 Å². The molecule has 3 heteroatoms. The summed E-state index contributed by atoms with van der Waals surface area (Å²) >= 11 is 0. The van der Waals surface area contributed by atoms with Crippen LogP contribution in [0.3, 0.4) is 0 Å². The van der Waals surface area contributed by atoms with E-state index in [-0.39, 0.29) is 0 Å². The average molecular weight is 248 g/mol. The predicted molar refractivity (Wildman–Crippen MR) is 77.3 cm³/mol. The lowest BCUT2D eigenvalue weighted by Gasteiger charge is -2.40. The van der Waals surface area contributed by atoms with Gasteiger partial charge in [-0.15, -0.1) is 0 Å². The standard InChI is InChI=1S/C15H24N2O/c1-4-15(2)5-7-17(8-6-15)13-9-12(16)10-14(11-13)18-3/h9-11H,4-8,16H2,1-3H3. The van der Waals surface area contributed by atoms with Gasteiger partial charge in [-0.25, -0.2) is 0 Å². The summed E-state index contributed by atoms with van der Waals surface area (Å²) in [7, 11) is 1.68. The maximum atomic E-state index is 5.91. The van der Waals surface area contributed by atoms with Crippen LogP contribution >= 0.6 is 0 Å². The van der Waals surface area contributed by atoms with Gasteiger partial charge in [-0.2, -0.15) is 0 Å². The number of hydrogen-bond acceptors (Lipinski definition) is 3. The van der Waals surface area contributed by atoms with Crippen molar-refractivity contribution in [3.05, 3.63) is 18.2 Å². The van der Waals surface area contributed by atoms with Gasteiger partial charge in [-0.3, -0.25) is 0 Å². The Morgan fingerprint density at radius 2 is 1.94 bits per heavy atom. The third kappa shape index (κ3) is 2.71. The Morgan fingerprint density at radius 3 is 2.50 bits per heavy atom. The highest BCUT2D eigenvalue weighted by Gasteiger charge is 2.28. The van der Waals surface area contributed by atoms with Crippen LogP contribution in [0.15, 0.2) is 18.2 Å². The third-order valence-corrected chi connectivity index (χ3v) is 4.34. The first-order chi connectivity index (χ1) is 8.56. The Balaban J connectivity index is 2.12. The molecule has 0 aromatic heterocycles. The highest BCUT2D eigenvalue weighted by molar-refractivity contribution is 5.60. The molecule has 100 valence electrons. The fraction of sp³-hybridized carbons (Fsp3) is 0.600. The molecule has 1 aromatic rings. The Bertz CT molecular complexity index is 409. The molecule has 3 nitrogen and oxygen atoms in total. The molecule has 1 aliphatic heterocycles. The van der Waals surface area contributed by atoms with Gasteiger partial charge in [0, 0.05) is 36.6 Å². The molecular weight excluding hydrogens is 224 g/mol. The molecule has 0 aliphatic carbocycles. The smallest absolute Gasteiger partial charge is 0.122 e. The number of benzene rings is 1. The normalized spacial score (nSPS) is 18.7. The summed E-state index contributed by atoms with van der Waals surface area (Å²) < 4.78 is 5.28. The van der Waals surface area contributed by atoms with Gasteiger partial charge in [0.1, 0.15) is 5.75 Å². The van der Waals surface area contributed by atoms with E-state index < -0.39 is 0 Å². The zero-order chi connectivity index (χ0) is 13.2. The van der Waals surface area contributed by atoms with Crippen LogP contribution in [0.1, 0.15) is 33.1 Å². The number of methoxy groups -OCH3 is 1. The minimum absolute atomic E-state index is 0.515. The van der Waals surface area contributed by atoms with E-state index in [0.717, 1.165) is 24.5 Å². The van der Waals surface area contributed by atoms with Crippen molar-refractivity contribution in [3.8, 4) is 5.75 Å². The van der Waals surface area contributed by atoms with E-state index in [1.54, 1.807) is 7.11 Å². The van der Waals surface area contributed by atoms with Crippen molar-refractivity contribution in [1.82, 2.24) is 0 Å². The molecule has 0 bridgehead atoms. The van der Waals surface area contributed by atoms with Crippen LogP contribution < -0.4 is 15.4 Å². The zero-order valence-electron chi connectivity index (χ0n) is 11.7. The van der Waals surface area contributed by atoms with E-state index in [1.807, 2.05) is 12.1 Å². The summed E-state index contributed by atoms with van der Waals surface area (Å²) in [5.74, 6) is 0.842. The average Bonchev–Trinajstić information content (AvgIpc) is 2.39. The lowest BCUT2D eigenvalue weighted by Crippen LogP contribution is -2.38. The predicted octanol–water partition coefficient (Wildman–Crippen LogP) is 3.29. The van der Waals surface area contributed by atoms with E-state index in [0.29, 0.717) is 5.41 Å². The van der Waals surface area contributed by atoms with Crippen LogP contribution in [0, 0.1) is 5.41 Å². The fourth-order valence-corrected chi connectivity index (χ4v) is 2.56.